The Morgan fingerprint density at radius 1 is 1.08 bits per heavy atom. The lowest BCUT2D eigenvalue weighted by atomic mass is 10.2. The van der Waals surface area contributed by atoms with Gasteiger partial charge in [0, 0.05) is 33.1 Å². The highest BCUT2D eigenvalue weighted by molar-refractivity contribution is 5.76. The van der Waals surface area contributed by atoms with Gasteiger partial charge in [-0.2, -0.15) is 0 Å². The largest absolute Gasteiger partial charge is 0.352 e. The Bertz CT molecular complexity index is 811. The van der Waals surface area contributed by atoms with Crippen molar-refractivity contribution in [2.24, 2.45) is 7.05 Å². The van der Waals surface area contributed by atoms with Gasteiger partial charge in [0.05, 0.1) is 17.4 Å². The van der Waals surface area contributed by atoms with Gasteiger partial charge >= 0.3 is 0 Å². The van der Waals surface area contributed by atoms with Crippen LogP contribution >= 0.6 is 0 Å². The van der Waals surface area contributed by atoms with E-state index in [9.17, 15) is 4.79 Å². The van der Waals surface area contributed by atoms with E-state index in [2.05, 4.69) is 33.8 Å². The molecule has 0 spiro atoms. The third kappa shape index (κ3) is 4.20. The molecule has 5 heteroatoms. The molecule has 3 aromatic rings. The highest BCUT2D eigenvalue weighted by atomic mass is 16.1. The minimum atomic E-state index is 0.0616. The van der Waals surface area contributed by atoms with E-state index in [1.165, 1.54) is 5.56 Å². The average Bonchev–Trinajstić information content (AvgIpc) is 2.98. The van der Waals surface area contributed by atoms with Gasteiger partial charge in [0.1, 0.15) is 0 Å². The molecule has 0 aliphatic carbocycles. The molecule has 0 radical (unpaired) electrons. The normalized spacial score (nSPS) is 10.9. The van der Waals surface area contributed by atoms with E-state index in [-0.39, 0.29) is 5.91 Å². The number of hydrogen-bond donors (Lipinski definition) is 2. The number of hydrogen-bond acceptors (Lipinski definition) is 3. The third-order valence-corrected chi connectivity index (χ3v) is 3.98. The molecular weight excluding hydrogens is 300 g/mol. The molecule has 3 rings (SSSR count). The smallest absolute Gasteiger partial charge is 0.221 e. The number of rotatable bonds is 7. The second kappa shape index (κ2) is 7.75. The van der Waals surface area contributed by atoms with Crippen molar-refractivity contribution >= 4 is 16.9 Å². The number of benzene rings is 2. The molecule has 124 valence electrons. The number of carbonyl (C=O) groups excluding carboxylic acids is 1. The van der Waals surface area contributed by atoms with E-state index in [0.29, 0.717) is 19.5 Å². The van der Waals surface area contributed by atoms with E-state index in [1.807, 2.05) is 48.3 Å². The maximum absolute atomic E-state index is 11.8. The van der Waals surface area contributed by atoms with Crippen LogP contribution in [-0.2, 0) is 24.9 Å². The van der Waals surface area contributed by atoms with Crippen LogP contribution < -0.4 is 10.6 Å². The lowest BCUT2D eigenvalue weighted by Crippen LogP contribution is -2.27. The first-order valence-electron chi connectivity index (χ1n) is 8.13. The van der Waals surface area contributed by atoms with Gasteiger partial charge in [0.25, 0.3) is 0 Å². The number of nitrogens with zero attached hydrogens (tertiary/aromatic N) is 2. The van der Waals surface area contributed by atoms with Crippen LogP contribution in [0.2, 0.25) is 0 Å². The van der Waals surface area contributed by atoms with Crippen LogP contribution in [0.25, 0.3) is 11.0 Å². The number of aromatic nitrogens is 2. The van der Waals surface area contributed by atoms with E-state index >= 15 is 0 Å². The fraction of sp³-hybridized carbons (Fsp3) is 0.263. The second-order valence-electron chi connectivity index (χ2n) is 5.87. The number of carbonyl (C=O) groups is 1. The van der Waals surface area contributed by atoms with Gasteiger partial charge in [-0.15, -0.1) is 0 Å². The first-order valence-corrected chi connectivity index (χ1v) is 8.13. The van der Waals surface area contributed by atoms with Crippen molar-refractivity contribution in [3.63, 3.8) is 0 Å². The molecule has 1 heterocycles. The molecule has 5 nitrogen and oxygen atoms in total. The predicted molar refractivity (Wildman–Crippen MR) is 95.3 cm³/mol. The topological polar surface area (TPSA) is 59.0 Å². The summed E-state index contributed by atoms with van der Waals surface area (Å²) < 4.78 is 2.00. The summed E-state index contributed by atoms with van der Waals surface area (Å²) in [6.45, 7) is 1.97. The summed E-state index contributed by atoms with van der Waals surface area (Å²) in [6, 6.07) is 16.2. The summed E-state index contributed by atoms with van der Waals surface area (Å²) in [5.74, 6) is 0.0616. The molecule has 0 bridgehead atoms. The molecule has 0 aliphatic heterocycles. The van der Waals surface area contributed by atoms with Gasteiger partial charge in [0.15, 0.2) is 0 Å². The first-order chi connectivity index (χ1) is 11.7. The average molecular weight is 322 g/mol. The monoisotopic (exact) mass is 322 g/mol. The summed E-state index contributed by atoms with van der Waals surface area (Å²) in [4.78, 5) is 16.2. The van der Waals surface area contributed by atoms with Crippen molar-refractivity contribution in [3.05, 3.63) is 66.0 Å². The van der Waals surface area contributed by atoms with Gasteiger partial charge in [-0.25, -0.2) is 4.98 Å². The Morgan fingerprint density at radius 2 is 1.92 bits per heavy atom. The summed E-state index contributed by atoms with van der Waals surface area (Å²) in [7, 11) is 1.99. The van der Waals surface area contributed by atoms with E-state index < -0.39 is 0 Å². The Labute approximate surface area is 141 Å². The van der Waals surface area contributed by atoms with Crippen LogP contribution in [0.1, 0.15) is 17.5 Å². The second-order valence-corrected chi connectivity index (χ2v) is 5.87. The maximum Gasteiger partial charge on any atom is 0.221 e. The standard InChI is InChI=1S/C19H22N4O/c1-23-14-22-17-11-16(7-8-18(17)23)12-20-10-9-19(24)21-13-15-5-3-2-4-6-15/h2-8,11,14,20H,9-10,12-13H2,1H3,(H,21,24). The van der Waals surface area contributed by atoms with Gasteiger partial charge in [0.2, 0.25) is 5.91 Å². The van der Waals surface area contributed by atoms with Gasteiger partial charge in [-0.05, 0) is 23.3 Å². The van der Waals surface area contributed by atoms with Crippen LogP contribution in [0.4, 0.5) is 0 Å². The van der Waals surface area contributed by atoms with Crippen molar-refractivity contribution in [3.8, 4) is 0 Å². The van der Waals surface area contributed by atoms with E-state index in [4.69, 9.17) is 0 Å². The van der Waals surface area contributed by atoms with E-state index in [0.717, 1.165) is 23.1 Å². The molecule has 0 atom stereocenters. The minimum absolute atomic E-state index is 0.0616. The molecule has 2 N–H and O–H groups in total. The minimum Gasteiger partial charge on any atom is -0.352 e. The molecule has 0 saturated heterocycles. The fourth-order valence-corrected chi connectivity index (χ4v) is 2.61. The van der Waals surface area contributed by atoms with Gasteiger partial charge < -0.3 is 15.2 Å². The summed E-state index contributed by atoms with van der Waals surface area (Å²) in [5, 5.41) is 6.24. The van der Waals surface area contributed by atoms with Crippen LogP contribution in [0, 0.1) is 0 Å². The summed E-state index contributed by atoms with van der Waals surface area (Å²) >= 11 is 0. The summed E-state index contributed by atoms with van der Waals surface area (Å²) in [6.07, 6.45) is 2.29. The SMILES string of the molecule is Cn1cnc2cc(CNCCC(=O)NCc3ccccc3)ccc21. The maximum atomic E-state index is 11.8. The zero-order valence-electron chi connectivity index (χ0n) is 13.8. The third-order valence-electron chi connectivity index (χ3n) is 3.98. The lowest BCUT2D eigenvalue weighted by Gasteiger charge is -2.07. The molecule has 2 aromatic carbocycles. The van der Waals surface area contributed by atoms with Crippen LogP contribution in [0.15, 0.2) is 54.9 Å². The van der Waals surface area contributed by atoms with E-state index in [1.54, 1.807) is 0 Å². The number of amides is 1. The molecule has 1 aromatic heterocycles. The number of nitrogens with one attached hydrogen (secondary N) is 2. The van der Waals surface area contributed by atoms with Crippen LogP contribution in [-0.4, -0.2) is 22.0 Å². The molecule has 0 saturated carbocycles. The Morgan fingerprint density at radius 3 is 2.75 bits per heavy atom. The quantitative estimate of drug-likeness (QED) is 0.657. The first kappa shape index (κ1) is 16.2. The predicted octanol–water partition coefficient (Wildman–Crippen LogP) is 2.37. The summed E-state index contributed by atoms with van der Waals surface area (Å²) in [5.41, 5.74) is 4.41. The molecule has 0 unspecified atom stereocenters. The zero-order chi connectivity index (χ0) is 16.8. The fourth-order valence-electron chi connectivity index (χ4n) is 2.61. The van der Waals surface area contributed by atoms with Crippen molar-refractivity contribution < 1.29 is 4.79 Å². The lowest BCUT2D eigenvalue weighted by molar-refractivity contribution is -0.121. The van der Waals surface area contributed by atoms with Crippen molar-refractivity contribution in [2.75, 3.05) is 6.54 Å². The van der Waals surface area contributed by atoms with Crippen molar-refractivity contribution in [2.45, 2.75) is 19.5 Å². The Hall–Kier alpha value is -2.66. The number of fused-ring (bicyclic) bond motifs is 1. The van der Waals surface area contributed by atoms with Crippen LogP contribution in [0.5, 0.6) is 0 Å². The molecule has 24 heavy (non-hydrogen) atoms. The van der Waals surface area contributed by atoms with Crippen molar-refractivity contribution in [1.29, 1.82) is 0 Å². The Balaban J connectivity index is 1.38. The molecule has 0 fully saturated rings. The van der Waals surface area contributed by atoms with Gasteiger partial charge in [-0.3, -0.25) is 4.79 Å². The highest BCUT2D eigenvalue weighted by Gasteiger charge is 2.03. The van der Waals surface area contributed by atoms with Crippen LogP contribution in [0.3, 0.4) is 0 Å². The number of aryl methyl sites for hydroxylation is 1. The highest BCUT2D eigenvalue weighted by Crippen LogP contribution is 2.13. The van der Waals surface area contributed by atoms with Crippen molar-refractivity contribution in [1.82, 2.24) is 20.2 Å². The molecule has 1 amide bonds. The Kier molecular flexibility index (Phi) is 5.23. The molecular formula is C19H22N4O. The zero-order valence-corrected chi connectivity index (χ0v) is 13.8. The van der Waals surface area contributed by atoms with Gasteiger partial charge in [-0.1, -0.05) is 36.4 Å². The molecule has 0 aliphatic rings. The number of imidazole rings is 1.